The molecule has 2 aromatic rings. The van der Waals surface area contributed by atoms with E-state index in [0.29, 0.717) is 0 Å². The lowest BCUT2D eigenvalue weighted by molar-refractivity contribution is 0.0734. The molecule has 22 heavy (non-hydrogen) atoms. The van der Waals surface area contributed by atoms with Crippen LogP contribution in [0.5, 0.6) is 0 Å². The Morgan fingerprint density at radius 3 is 2.45 bits per heavy atom. The number of amides is 1. The lowest BCUT2D eigenvalue weighted by Crippen LogP contribution is -2.46. The minimum atomic E-state index is 0.0832. The van der Waals surface area contributed by atoms with Gasteiger partial charge in [0.15, 0.2) is 0 Å². The first-order valence-corrected chi connectivity index (χ1v) is 8.19. The molecule has 1 fully saturated rings. The van der Waals surface area contributed by atoms with Crippen LogP contribution < -0.4 is 5.32 Å². The summed E-state index contributed by atoms with van der Waals surface area (Å²) in [7, 11) is 0. The van der Waals surface area contributed by atoms with Crippen LogP contribution in [-0.4, -0.2) is 46.8 Å². The van der Waals surface area contributed by atoms with Gasteiger partial charge >= 0.3 is 0 Å². The number of hydrogen-bond donors (Lipinski definition) is 1. The normalized spacial score (nSPS) is 15.1. The topological polar surface area (TPSA) is 50.2 Å². The predicted octanol–water partition coefficient (Wildman–Crippen LogP) is 2.30. The number of nitrogens with one attached hydrogen (secondary N) is 1. The fourth-order valence-corrected chi connectivity index (χ4v) is 3.08. The van der Waals surface area contributed by atoms with Gasteiger partial charge in [-0.15, -0.1) is 0 Å². The zero-order valence-electron chi connectivity index (χ0n) is 12.8. The maximum Gasteiger partial charge on any atom is 0.257 e. The molecule has 1 aliphatic heterocycles. The standard InChI is InChI=1S/C16H19BrN4O/c1-11-15(16(22)20-9-7-18-8-10-20)12(2)21(19-11)14-5-3-13(17)4-6-14/h3-6,18H,7-10H2,1-2H3. The van der Waals surface area contributed by atoms with Crippen LogP contribution in [0.3, 0.4) is 0 Å². The monoisotopic (exact) mass is 362 g/mol. The molecule has 0 spiro atoms. The molecule has 2 heterocycles. The van der Waals surface area contributed by atoms with Crippen LogP contribution in [0.15, 0.2) is 28.7 Å². The molecule has 116 valence electrons. The summed E-state index contributed by atoms with van der Waals surface area (Å²) in [5.41, 5.74) is 3.36. The molecular weight excluding hydrogens is 344 g/mol. The summed E-state index contributed by atoms with van der Waals surface area (Å²) in [6, 6.07) is 7.93. The SMILES string of the molecule is Cc1nn(-c2ccc(Br)cc2)c(C)c1C(=O)N1CCNCC1. The van der Waals surface area contributed by atoms with Gasteiger partial charge in [-0.25, -0.2) is 4.68 Å². The van der Waals surface area contributed by atoms with Crippen molar-refractivity contribution < 1.29 is 4.79 Å². The summed E-state index contributed by atoms with van der Waals surface area (Å²) in [5.74, 6) is 0.0832. The van der Waals surface area contributed by atoms with Crippen LogP contribution in [0.1, 0.15) is 21.7 Å². The molecule has 0 saturated carbocycles. The molecule has 1 aromatic carbocycles. The van der Waals surface area contributed by atoms with Crippen LogP contribution in [0.4, 0.5) is 0 Å². The van der Waals surface area contributed by atoms with Gasteiger partial charge in [-0.2, -0.15) is 5.10 Å². The first kappa shape index (κ1) is 15.2. The lowest BCUT2D eigenvalue weighted by atomic mass is 10.1. The Kier molecular flexibility index (Phi) is 4.31. The number of piperazine rings is 1. The predicted molar refractivity (Wildman–Crippen MR) is 89.5 cm³/mol. The van der Waals surface area contributed by atoms with Gasteiger partial charge in [-0.1, -0.05) is 15.9 Å². The average molecular weight is 363 g/mol. The van der Waals surface area contributed by atoms with Crippen molar-refractivity contribution in [2.75, 3.05) is 26.2 Å². The molecule has 1 N–H and O–H groups in total. The van der Waals surface area contributed by atoms with Crippen molar-refractivity contribution in [3.63, 3.8) is 0 Å². The largest absolute Gasteiger partial charge is 0.336 e. The minimum absolute atomic E-state index is 0.0832. The van der Waals surface area contributed by atoms with Crippen molar-refractivity contribution in [3.8, 4) is 5.69 Å². The highest BCUT2D eigenvalue weighted by molar-refractivity contribution is 9.10. The summed E-state index contributed by atoms with van der Waals surface area (Å²) in [5, 5.41) is 7.83. The third-order valence-corrected chi connectivity index (χ3v) is 4.51. The maximum atomic E-state index is 12.8. The Hall–Kier alpha value is -1.66. The van der Waals surface area contributed by atoms with Crippen molar-refractivity contribution in [2.45, 2.75) is 13.8 Å². The van der Waals surface area contributed by atoms with Gasteiger partial charge in [-0.05, 0) is 38.1 Å². The highest BCUT2D eigenvalue weighted by Crippen LogP contribution is 2.21. The van der Waals surface area contributed by atoms with E-state index in [1.54, 1.807) is 0 Å². The van der Waals surface area contributed by atoms with E-state index in [2.05, 4.69) is 26.3 Å². The van der Waals surface area contributed by atoms with E-state index in [1.807, 2.05) is 47.7 Å². The molecule has 5 nitrogen and oxygen atoms in total. The first-order valence-electron chi connectivity index (χ1n) is 7.40. The number of carbonyl (C=O) groups is 1. The Morgan fingerprint density at radius 2 is 1.82 bits per heavy atom. The van der Waals surface area contributed by atoms with Gasteiger partial charge in [-0.3, -0.25) is 4.79 Å². The van der Waals surface area contributed by atoms with Crippen molar-refractivity contribution in [2.24, 2.45) is 0 Å². The number of rotatable bonds is 2. The van der Waals surface area contributed by atoms with Gasteiger partial charge in [0.25, 0.3) is 5.91 Å². The summed E-state index contributed by atoms with van der Waals surface area (Å²) in [4.78, 5) is 14.7. The van der Waals surface area contributed by atoms with Gasteiger partial charge in [0, 0.05) is 30.7 Å². The Labute approximate surface area is 138 Å². The van der Waals surface area contributed by atoms with E-state index in [0.717, 1.165) is 53.3 Å². The summed E-state index contributed by atoms with van der Waals surface area (Å²) in [6.45, 7) is 7.06. The highest BCUT2D eigenvalue weighted by atomic mass is 79.9. The van der Waals surface area contributed by atoms with Gasteiger partial charge in [0.1, 0.15) is 0 Å². The molecule has 0 bridgehead atoms. The number of hydrogen-bond acceptors (Lipinski definition) is 3. The molecule has 6 heteroatoms. The van der Waals surface area contributed by atoms with Crippen molar-refractivity contribution in [1.82, 2.24) is 20.0 Å². The minimum Gasteiger partial charge on any atom is -0.336 e. The van der Waals surface area contributed by atoms with Crippen LogP contribution >= 0.6 is 15.9 Å². The summed E-state index contributed by atoms with van der Waals surface area (Å²) >= 11 is 3.44. The molecule has 0 atom stereocenters. The molecule has 1 aliphatic rings. The molecule has 1 aromatic heterocycles. The van der Waals surface area contributed by atoms with E-state index >= 15 is 0 Å². The van der Waals surface area contributed by atoms with Crippen LogP contribution in [-0.2, 0) is 0 Å². The van der Waals surface area contributed by atoms with Gasteiger partial charge in [0.05, 0.1) is 22.6 Å². The van der Waals surface area contributed by atoms with E-state index in [9.17, 15) is 4.79 Å². The average Bonchev–Trinajstić information content (AvgIpc) is 2.83. The highest BCUT2D eigenvalue weighted by Gasteiger charge is 2.25. The van der Waals surface area contributed by atoms with E-state index < -0.39 is 0 Å². The third-order valence-electron chi connectivity index (χ3n) is 3.98. The number of nitrogens with zero attached hydrogens (tertiary/aromatic N) is 3. The molecule has 0 radical (unpaired) electrons. The molecule has 1 saturated heterocycles. The first-order chi connectivity index (χ1) is 10.6. The molecule has 0 aliphatic carbocycles. The quantitative estimate of drug-likeness (QED) is 0.891. The van der Waals surface area contributed by atoms with Crippen LogP contribution in [0.25, 0.3) is 5.69 Å². The van der Waals surface area contributed by atoms with Crippen molar-refractivity contribution >= 4 is 21.8 Å². The van der Waals surface area contributed by atoms with Crippen molar-refractivity contribution in [1.29, 1.82) is 0 Å². The molecular formula is C16H19BrN4O. The number of carbonyl (C=O) groups excluding carboxylic acids is 1. The smallest absolute Gasteiger partial charge is 0.257 e. The van der Waals surface area contributed by atoms with E-state index in [4.69, 9.17) is 0 Å². The van der Waals surface area contributed by atoms with E-state index in [-0.39, 0.29) is 5.91 Å². The Bertz CT molecular complexity index is 687. The zero-order chi connectivity index (χ0) is 15.7. The zero-order valence-corrected chi connectivity index (χ0v) is 14.4. The Balaban J connectivity index is 1.96. The molecule has 0 unspecified atom stereocenters. The maximum absolute atomic E-state index is 12.8. The second-order valence-corrected chi connectivity index (χ2v) is 6.39. The number of aromatic nitrogens is 2. The van der Waals surface area contributed by atoms with Crippen LogP contribution in [0, 0.1) is 13.8 Å². The summed E-state index contributed by atoms with van der Waals surface area (Å²) < 4.78 is 2.87. The van der Waals surface area contributed by atoms with Gasteiger partial charge in [0.2, 0.25) is 0 Å². The lowest BCUT2D eigenvalue weighted by Gasteiger charge is -2.27. The second-order valence-electron chi connectivity index (χ2n) is 5.48. The summed E-state index contributed by atoms with van der Waals surface area (Å²) in [6.07, 6.45) is 0. The number of halogens is 1. The number of benzene rings is 1. The van der Waals surface area contributed by atoms with Crippen LogP contribution in [0.2, 0.25) is 0 Å². The van der Waals surface area contributed by atoms with E-state index in [1.165, 1.54) is 0 Å². The molecule has 3 rings (SSSR count). The third kappa shape index (κ3) is 2.80. The van der Waals surface area contributed by atoms with Gasteiger partial charge < -0.3 is 10.2 Å². The fourth-order valence-electron chi connectivity index (χ4n) is 2.81. The fraction of sp³-hybridized carbons (Fsp3) is 0.375. The van der Waals surface area contributed by atoms with Crippen molar-refractivity contribution in [3.05, 3.63) is 45.7 Å². The second kappa shape index (κ2) is 6.22. The number of aryl methyl sites for hydroxylation is 1. The molecule has 1 amide bonds. The Morgan fingerprint density at radius 1 is 1.18 bits per heavy atom.